The van der Waals surface area contributed by atoms with E-state index in [0.29, 0.717) is 0 Å². The first kappa shape index (κ1) is 10.1. The predicted molar refractivity (Wildman–Crippen MR) is 55.3 cm³/mol. The van der Waals surface area contributed by atoms with Gasteiger partial charge in [-0.2, -0.15) is 0 Å². The van der Waals surface area contributed by atoms with Crippen LogP contribution in [0.1, 0.15) is 0 Å². The third kappa shape index (κ3) is 2.32. The van der Waals surface area contributed by atoms with Crippen molar-refractivity contribution in [3.63, 3.8) is 0 Å². The quantitative estimate of drug-likeness (QED) is 0.760. The first-order valence-electron chi connectivity index (χ1n) is 4.55. The van der Waals surface area contributed by atoms with Gasteiger partial charge in [0.15, 0.2) is 0 Å². The fraction of sp³-hybridized carbons (Fsp3) is 0.111. The summed E-state index contributed by atoms with van der Waals surface area (Å²) in [4.78, 5) is 10.3. The van der Waals surface area contributed by atoms with E-state index in [-0.39, 0.29) is 6.54 Å². The molecule has 1 aromatic heterocycles. The van der Waals surface area contributed by atoms with Crippen LogP contribution in [0.4, 0.5) is 5.69 Å². The number of anilines is 1. The summed E-state index contributed by atoms with van der Waals surface area (Å²) in [5.74, 6) is -0.899. The highest BCUT2D eigenvalue weighted by Gasteiger charge is 1.99. The van der Waals surface area contributed by atoms with Crippen LogP contribution in [0, 0.1) is 0 Å². The molecule has 0 saturated carbocycles. The van der Waals surface area contributed by atoms with E-state index < -0.39 is 5.97 Å². The second-order valence-electron chi connectivity index (χ2n) is 3.05. The Kier molecular flexibility index (Phi) is 2.77. The zero-order valence-corrected chi connectivity index (χ0v) is 8.24. The van der Waals surface area contributed by atoms with E-state index in [1.165, 1.54) is 11.0 Å². The SMILES string of the molecule is O=C(O)CNc1ccc(-n2cnnn2)cc1. The van der Waals surface area contributed by atoms with E-state index in [0.717, 1.165) is 11.4 Å². The molecule has 0 spiro atoms. The van der Waals surface area contributed by atoms with Crippen molar-refractivity contribution in [1.82, 2.24) is 20.2 Å². The highest BCUT2D eigenvalue weighted by Crippen LogP contribution is 2.11. The van der Waals surface area contributed by atoms with Gasteiger partial charge in [0, 0.05) is 5.69 Å². The van der Waals surface area contributed by atoms with Crippen LogP contribution in [0.25, 0.3) is 5.69 Å². The van der Waals surface area contributed by atoms with Crippen LogP contribution in [0.2, 0.25) is 0 Å². The molecule has 1 heterocycles. The lowest BCUT2D eigenvalue weighted by Gasteiger charge is -2.04. The summed E-state index contributed by atoms with van der Waals surface area (Å²) in [6.07, 6.45) is 1.49. The summed E-state index contributed by atoms with van der Waals surface area (Å²) in [5.41, 5.74) is 1.55. The van der Waals surface area contributed by atoms with Crippen LogP contribution in [0.3, 0.4) is 0 Å². The van der Waals surface area contributed by atoms with Crippen molar-refractivity contribution >= 4 is 11.7 Å². The maximum Gasteiger partial charge on any atom is 0.322 e. The van der Waals surface area contributed by atoms with Gasteiger partial charge >= 0.3 is 5.97 Å². The fourth-order valence-electron chi connectivity index (χ4n) is 1.19. The molecule has 2 N–H and O–H groups in total. The van der Waals surface area contributed by atoms with Crippen molar-refractivity contribution in [3.05, 3.63) is 30.6 Å². The molecule has 0 amide bonds. The van der Waals surface area contributed by atoms with Gasteiger partial charge in [0.2, 0.25) is 0 Å². The fourth-order valence-corrected chi connectivity index (χ4v) is 1.19. The number of hydrogen-bond acceptors (Lipinski definition) is 5. The smallest absolute Gasteiger partial charge is 0.322 e. The van der Waals surface area contributed by atoms with Crippen molar-refractivity contribution < 1.29 is 9.90 Å². The zero-order valence-electron chi connectivity index (χ0n) is 8.24. The standard InChI is InChI=1S/C9H9N5O2/c15-9(16)5-10-7-1-3-8(4-2-7)14-6-11-12-13-14/h1-4,6,10H,5H2,(H,15,16). The van der Waals surface area contributed by atoms with Crippen LogP contribution in [-0.2, 0) is 4.79 Å². The molecule has 1 aromatic carbocycles. The number of carbonyl (C=O) groups is 1. The van der Waals surface area contributed by atoms with Gasteiger partial charge < -0.3 is 10.4 Å². The zero-order chi connectivity index (χ0) is 11.4. The molecule has 0 aliphatic carbocycles. The second kappa shape index (κ2) is 4.39. The third-order valence-corrected chi connectivity index (χ3v) is 1.92. The molecule has 0 bridgehead atoms. The molecule has 0 aliphatic heterocycles. The van der Waals surface area contributed by atoms with Crippen molar-refractivity contribution in [2.45, 2.75) is 0 Å². The van der Waals surface area contributed by atoms with E-state index in [4.69, 9.17) is 5.11 Å². The Morgan fingerprint density at radius 3 is 2.69 bits per heavy atom. The Balaban J connectivity index is 2.08. The van der Waals surface area contributed by atoms with Gasteiger partial charge in [-0.1, -0.05) is 0 Å². The maximum atomic E-state index is 10.3. The first-order valence-corrected chi connectivity index (χ1v) is 4.55. The highest BCUT2D eigenvalue weighted by molar-refractivity contribution is 5.72. The van der Waals surface area contributed by atoms with Crippen molar-refractivity contribution in [2.24, 2.45) is 0 Å². The third-order valence-electron chi connectivity index (χ3n) is 1.92. The summed E-state index contributed by atoms with van der Waals surface area (Å²) in [6.45, 7) is -0.107. The number of carboxylic acids is 1. The Labute approximate surface area is 90.7 Å². The largest absolute Gasteiger partial charge is 0.480 e. The minimum absolute atomic E-state index is 0.107. The normalized spacial score (nSPS) is 10.0. The minimum Gasteiger partial charge on any atom is -0.480 e. The van der Waals surface area contributed by atoms with Gasteiger partial charge in [0.05, 0.1) is 5.69 Å². The molecular weight excluding hydrogens is 210 g/mol. The maximum absolute atomic E-state index is 10.3. The van der Waals surface area contributed by atoms with E-state index in [2.05, 4.69) is 20.8 Å². The van der Waals surface area contributed by atoms with Crippen LogP contribution >= 0.6 is 0 Å². The number of hydrogen-bond donors (Lipinski definition) is 2. The molecule has 0 atom stereocenters. The number of benzene rings is 1. The van der Waals surface area contributed by atoms with Gasteiger partial charge in [-0.3, -0.25) is 4.79 Å². The van der Waals surface area contributed by atoms with Gasteiger partial charge in [0.1, 0.15) is 12.9 Å². The van der Waals surface area contributed by atoms with Crippen LogP contribution < -0.4 is 5.32 Å². The lowest BCUT2D eigenvalue weighted by atomic mass is 10.3. The Bertz CT molecular complexity index is 465. The Hall–Kier alpha value is -2.44. The molecular formula is C9H9N5O2. The molecule has 0 saturated heterocycles. The van der Waals surface area contributed by atoms with Gasteiger partial charge in [-0.25, -0.2) is 4.68 Å². The molecule has 82 valence electrons. The van der Waals surface area contributed by atoms with Gasteiger partial charge in [-0.15, -0.1) is 5.10 Å². The highest BCUT2D eigenvalue weighted by atomic mass is 16.4. The summed E-state index contributed by atoms with van der Waals surface area (Å²) in [6, 6.07) is 7.11. The van der Waals surface area contributed by atoms with Gasteiger partial charge in [0.25, 0.3) is 0 Å². The molecule has 7 heteroatoms. The van der Waals surface area contributed by atoms with Crippen molar-refractivity contribution in [2.75, 3.05) is 11.9 Å². The topological polar surface area (TPSA) is 92.9 Å². The van der Waals surface area contributed by atoms with E-state index in [1.807, 2.05) is 0 Å². The molecule has 2 rings (SSSR count). The molecule has 16 heavy (non-hydrogen) atoms. The average Bonchev–Trinajstić information content (AvgIpc) is 2.80. The van der Waals surface area contributed by atoms with Crippen LogP contribution in [0.15, 0.2) is 30.6 Å². The molecule has 0 fully saturated rings. The Morgan fingerprint density at radius 1 is 1.38 bits per heavy atom. The molecule has 0 radical (unpaired) electrons. The molecule has 0 aliphatic rings. The predicted octanol–water partition coefficient (Wildman–Crippen LogP) is 0.159. The van der Waals surface area contributed by atoms with E-state index in [1.54, 1.807) is 24.3 Å². The van der Waals surface area contributed by atoms with E-state index >= 15 is 0 Å². The number of carboxylic acid groups (broad SMARTS) is 1. The van der Waals surface area contributed by atoms with Crippen LogP contribution in [-0.4, -0.2) is 37.8 Å². The average molecular weight is 219 g/mol. The van der Waals surface area contributed by atoms with Crippen molar-refractivity contribution in [3.8, 4) is 5.69 Å². The lowest BCUT2D eigenvalue weighted by Crippen LogP contribution is -2.12. The number of nitrogens with zero attached hydrogens (tertiary/aromatic N) is 4. The molecule has 2 aromatic rings. The van der Waals surface area contributed by atoms with Crippen LogP contribution in [0.5, 0.6) is 0 Å². The number of tetrazole rings is 1. The number of aromatic nitrogens is 4. The molecule has 0 unspecified atom stereocenters. The molecule has 7 nitrogen and oxygen atoms in total. The summed E-state index contributed by atoms with van der Waals surface area (Å²) >= 11 is 0. The Morgan fingerprint density at radius 2 is 2.12 bits per heavy atom. The van der Waals surface area contributed by atoms with E-state index in [9.17, 15) is 4.79 Å². The van der Waals surface area contributed by atoms with Gasteiger partial charge in [-0.05, 0) is 34.7 Å². The number of rotatable bonds is 4. The monoisotopic (exact) mass is 219 g/mol. The minimum atomic E-state index is -0.899. The van der Waals surface area contributed by atoms with Crippen molar-refractivity contribution in [1.29, 1.82) is 0 Å². The number of nitrogens with one attached hydrogen (secondary N) is 1. The summed E-state index contributed by atoms with van der Waals surface area (Å²) in [7, 11) is 0. The second-order valence-corrected chi connectivity index (χ2v) is 3.05. The lowest BCUT2D eigenvalue weighted by molar-refractivity contribution is -0.134. The summed E-state index contributed by atoms with van der Waals surface area (Å²) < 4.78 is 1.51. The summed E-state index contributed by atoms with van der Waals surface area (Å²) in [5, 5.41) is 22.0. The number of aliphatic carboxylic acids is 1. The first-order chi connectivity index (χ1) is 7.75.